The average molecular weight is 982 g/mol. The summed E-state index contributed by atoms with van der Waals surface area (Å²) in [6.45, 7) is 20.1. The first kappa shape index (κ1) is 64.3. The lowest BCUT2D eigenvalue weighted by atomic mass is 9.98. The first-order valence-corrected chi connectivity index (χ1v) is 24.9. The molecule has 0 unspecified atom stereocenters. The van der Waals surface area contributed by atoms with E-state index in [1.807, 2.05) is 69.2 Å². The Kier molecular flexibility index (Phi) is 32.2. The number of amides is 8. The molecule has 0 aliphatic heterocycles. The molecule has 0 bridgehead atoms. The zero-order valence-electron chi connectivity index (χ0n) is 43.4. The second kappa shape index (κ2) is 34.5. The second-order valence-corrected chi connectivity index (χ2v) is 20.4. The summed E-state index contributed by atoms with van der Waals surface area (Å²) in [7, 11) is 0. The lowest BCUT2D eigenvalue weighted by molar-refractivity contribution is -0.136. The van der Waals surface area contributed by atoms with E-state index in [2.05, 4.69) is 42.5 Å². The monoisotopic (exact) mass is 982 g/mol. The minimum absolute atomic E-state index is 0.00447. The minimum Gasteiger partial charge on any atom is -0.394 e. The zero-order valence-corrected chi connectivity index (χ0v) is 43.4. The van der Waals surface area contributed by atoms with Crippen LogP contribution >= 0.6 is 0 Å². The molecular weight excluding hydrogens is 891 g/mol. The Hall–Kier alpha value is -4.73. The van der Waals surface area contributed by atoms with Crippen molar-refractivity contribution in [1.29, 1.82) is 0 Å². The molecule has 0 aromatic heterocycles. The Morgan fingerprint density at radius 3 is 0.855 bits per heavy atom. The van der Waals surface area contributed by atoms with Crippen molar-refractivity contribution in [3.05, 3.63) is 0 Å². The fraction of sp³-hybridized carbons (Fsp3) is 0.812. The number of hydrogen-bond donors (Lipinski definition) is 12. The highest BCUT2D eigenvalue weighted by Crippen LogP contribution is 2.14. The number of carbonyl (C=O) groups excluding carboxylic acids is 9. The molecule has 0 aliphatic carbocycles. The summed E-state index contributed by atoms with van der Waals surface area (Å²) in [6, 6.07) is -9.85. The molecular formula is C48H91N11O10. The van der Waals surface area contributed by atoms with E-state index in [0.29, 0.717) is 45.1 Å². The topological polar surface area (TPSA) is 348 Å². The van der Waals surface area contributed by atoms with Crippen LogP contribution in [0.5, 0.6) is 0 Å². The number of nitrogens with two attached hydrogens (primary N) is 3. The van der Waals surface area contributed by atoms with Crippen molar-refractivity contribution in [2.24, 2.45) is 46.8 Å². The summed E-state index contributed by atoms with van der Waals surface area (Å²) in [5.74, 6) is -5.56. The maximum Gasteiger partial charge on any atom is 0.243 e. The third kappa shape index (κ3) is 27.3. The second-order valence-electron chi connectivity index (χ2n) is 20.4. The van der Waals surface area contributed by atoms with Gasteiger partial charge in [-0.2, -0.15) is 0 Å². The highest BCUT2D eigenvalue weighted by atomic mass is 16.3. The van der Waals surface area contributed by atoms with Gasteiger partial charge in [0.1, 0.15) is 54.6 Å². The largest absolute Gasteiger partial charge is 0.394 e. The Balaban J connectivity index is 6.71. The molecule has 0 aromatic carbocycles. The van der Waals surface area contributed by atoms with E-state index in [0.717, 1.165) is 0 Å². The number of rotatable bonds is 36. The molecule has 0 saturated carbocycles. The van der Waals surface area contributed by atoms with Crippen LogP contribution in [0.4, 0.5) is 0 Å². The van der Waals surface area contributed by atoms with E-state index in [-0.39, 0.29) is 74.5 Å². The maximum absolute atomic E-state index is 14.2. The average Bonchev–Trinajstić information content (AvgIpc) is 3.25. The van der Waals surface area contributed by atoms with Crippen LogP contribution in [0.1, 0.15) is 147 Å². The third-order valence-electron chi connectivity index (χ3n) is 11.0. The summed E-state index contributed by atoms with van der Waals surface area (Å²) in [5, 5.41) is 31.2. The smallest absolute Gasteiger partial charge is 0.243 e. The van der Waals surface area contributed by atoms with Gasteiger partial charge in [0.05, 0.1) is 12.6 Å². The Morgan fingerprint density at radius 1 is 0.391 bits per heavy atom. The van der Waals surface area contributed by atoms with Crippen LogP contribution in [0.3, 0.4) is 0 Å². The van der Waals surface area contributed by atoms with Gasteiger partial charge in [-0.05, 0) is 120 Å². The first-order valence-electron chi connectivity index (χ1n) is 24.9. The lowest BCUT2D eigenvalue weighted by Gasteiger charge is -2.29. The van der Waals surface area contributed by atoms with Gasteiger partial charge in [0, 0.05) is 0 Å². The molecule has 69 heavy (non-hydrogen) atoms. The van der Waals surface area contributed by atoms with Crippen LogP contribution in [-0.4, -0.2) is 133 Å². The van der Waals surface area contributed by atoms with Gasteiger partial charge in [-0.1, -0.05) is 69.2 Å². The summed E-state index contributed by atoms with van der Waals surface area (Å²) in [5.41, 5.74) is 17.3. The van der Waals surface area contributed by atoms with Gasteiger partial charge in [0.25, 0.3) is 0 Å². The van der Waals surface area contributed by atoms with Crippen molar-refractivity contribution in [2.75, 3.05) is 19.7 Å². The number of unbranched alkanes of at least 4 members (excludes halogenated alkanes) is 2. The molecule has 0 aromatic rings. The van der Waals surface area contributed by atoms with Crippen LogP contribution in [0, 0.1) is 29.6 Å². The van der Waals surface area contributed by atoms with E-state index in [4.69, 9.17) is 17.2 Å². The van der Waals surface area contributed by atoms with Gasteiger partial charge in [0.15, 0.2) is 0 Å². The quantitative estimate of drug-likeness (QED) is 0.0289. The Morgan fingerprint density at radius 2 is 0.623 bits per heavy atom. The molecule has 15 N–H and O–H groups in total. The Labute approximate surface area is 411 Å². The van der Waals surface area contributed by atoms with Gasteiger partial charge >= 0.3 is 0 Å². The molecule has 21 nitrogen and oxygen atoms in total. The summed E-state index contributed by atoms with van der Waals surface area (Å²) >= 11 is 0. The number of aliphatic hydroxyl groups excluding tert-OH is 1. The zero-order chi connectivity index (χ0) is 53.0. The van der Waals surface area contributed by atoms with E-state index < -0.39 is 108 Å². The normalized spacial score (nSPS) is 15.5. The van der Waals surface area contributed by atoms with E-state index >= 15 is 0 Å². The molecule has 0 spiro atoms. The van der Waals surface area contributed by atoms with Gasteiger partial charge in [-0.25, -0.2) is 0 Å². The molecule has 0 rings (SSSR count). The highest BCUT2D eigenvalue weighted by Gasteiger charge is 2.35. The summed E-state index contributed by atoms with van der Waals surface area (Å²) in [4.78, 5) is 121. The maximum atomic E-state index is 14.2. The van der Waals surface area contributed by atoms with Gasteiger partial charge in [-0.15, -0.1) is 0 Å². The first-order chi connectivity index (χ1) is 32.3. The fourth-order valence-corrected chi connectivity index (χ4v) is 7.39. The molecule has 8 amide bonds. The van der Waals surface area contributed by atoms with Gasteiger partial charge < -0.3 is 69.6 Å². The molecule has 0 saturated heterocycles. The Bertz CT molecular complexity index is 1610. The van der Waals surface area contributed by atoms with Crippen molar-refractivity contribution >= 4 is 53.5 Å². The molecule has 21 heteroatoms. The van der Waals surface area contributed by atoms with Gasteiger partial charge in [0.2, 0.25) is 47.3 Å². The molecule has 0 radical (unpaired) electrons. The SMILES string of the molecule is CC(C)C[C@H](NC(=O)[C@H](CCCCN)NC(=O)[C@H](CCCCN)NC(=O)[C@H](CC(C)C)NC(=O)[C@H](CC(C)C)NC(=O)[C@@H](N)CO)C(=O)N[C@@H](CC(C)C)C(=O)N[C@@H](CC(C)C)C(=O)N[C@@H](C)C=O. The molecule has 0 aliphatic rings. The molecule has 0 fully saturated rings. The van der Waals surface area contributed by atoms with Crippen molar-refractivity contribution in [1.82, 2.24) is 42.5 Å². The summed E-state index contributed by atoms with van der Waals surface area (Å²) < 4.78 is 0. The number of carbonyl (C=O) groups is 9. The van der Waals surface area contributed by atoms with E-state index in [1.54, 1.807) is 0 Å². The minimum atomic E-state index is -1.26. The number of aldehydes is 1. The van der Waals surface area contributed by atoms with Crippen molar-refractivity contribution in [2.45, 2.75) is 201 Å². The van der Waals surface area contributed by atoms with Crippen LogP contribution in [0.2, 0.25) is 0 Å². The molecule has 398 valence electrons. The standard InChI is InChI=1S/C48H91N11O10/c1-27(2)20-36(44(65)52-32(11)25-60)57-48(69)40(24-31(9)10)59-47(68)39(23-30(7)8)56-43(64)35(17-13-15-19-50)53-42(63)34(16-12-14-18-49)54-45(66)38(22-29(5)6)58-46(67)37(21-28(3)4)55-41(62)33(51)26-61/h25,27-40,61H,12-24,26,49-51H2,1-11H3,(H,52,65)(H,53,63)(H,54,66)(H,55,62)(H,56,64)(H,57,69)(H,58,67)(H,59,68)/t32-,33-,34-,35-,36-,37-,38-,39-,40-/m0/s1. The number of aliphatic hydroxyl groups is 1. The predicted octanol–water partition coefficient (Wildman–Crippen LogP) is -0.108. The highest BCUT2D eigenvalue weighted by molar-refractivity contribution is 5.98. The van der Waals surface area contributed by atoms with Crippen molar-refractivity contribution < 1.29 is 48.3 Å². The lowest BCUT2D eigenvalue weighted by Crippen LogP contribution is -2.60. The van der Waals surface area contributed by atoms with Crippen LogP contribution in [0.25, 0.3) is 0 Å². The van der Waals surface area contributed by atoms with Gasteiger partial charge in [-0.3, -0.25) is 38.4 Å². The van der Waals surface area contributed by atoms with Crippen LogP contribution in [-0.2, 0) is 43.2 Å². The van der Waals surface area contributed by atoms with Crippen molar-refractivity contribution in [3.8, 4) is 0 Å². The fourth-order valence-electron chi connectivity index (χ4n) is 7.39. The number of hydrogen-bond acceptors (Lipinski definition) is 13. The van der Waals surface area contributed by atoms with E-state index in [1.165, 1.54) is 6.92 Å². The third-order valence-corrected chi connectivity index (χ3v) is 11.0. The molecule has 0 heterocycles. The van der Waals surface area contributed by atoms with Crippen LogP contribution < -0.4 is 59.7 Å². The summed E-state index contributed by atoms with van der Waals surface area (Å²) in [6.07, 6.45) is 3.73. The van der Waals surface area contributed by atoms with E-state index in [9.17, 15) is 48.3 Å². The van der Waals surface area contributed by atoms with Crippen molar-refractivity contribution in [3.63, 3.8) is 0 Å². The number of nitrogens with one attached hydrogen (secondary N) is 8. The predicted molar refractivity (Wildman–Crippen MR) is 265 cm³/mol. The molecule has 9 atom stereocenters. The van der Waals surface area contributed by atoms with Crippen LogP contribution in [0.15, 0.2) is 0 Å².